The van der Waals surface area contributed by atoms with Gasteiger partial charge in [0, 0.05) is 21.6 Å². The molecule has 3 rings (SSSR count). The van der Waals surface area contributed by atoms with Crippen LogP contribution >= 0.6 is 23.7 Å². The number of rotatable bonds is 2. The van der Waals surface area contributed by atoms with Crippen LogP contribution in [0.25, 0.3) is 0 Å². The molecular weight excluding hydrogens is 316 g/mol. The maximum absolute atomic E-state index is 12.5. The molecule has 0 bridgehead atoms. The van der Waals surface area contributed by atoms with Crippen LogP contribution in [0.15, 0.2) is 23.6 Å². The number of hydrogen-bond donors (Lipinski definition) is 2. The van der Waals surface area contributed by atoms with Crippen molar-refractivity contribution in [3.05, 3.63) is 45.1 Å². The van der Waals surface area contributed by atoms with Gasteiger partial charge < -0.3 is 11.1 Å². The van der Waals surface area contributed by atoms with Gasteiger partial charge in [0.25, 0.3) is 5.91 Å². The van der Waals surface area contributed by atoms with Gasteiger partial charge in [-0.1, -0.05) is 13.0 Å². The van der Waals surface area contributed by atoms with Crippen molar-refractivity contribution < 1.29 is 4.79 Å². The minimum Gasteiger partial charge on any atom is -0.399 e. The van der Waals surface area contributed by atoms with E-state index in [1.807, 2.05) is 30.5 Å². The maximum Gasteiger partial charge on any atom is 0.256 e. The van der Waals surface area contributed by atoms with Crippen LogP contribution in [-0.4, -0.2) is 5.91 Å². The predicted molar refractivity (Wildman–Crippen MR) is 96.3 cm³/mol. The second-order valence-corrected chi connectivity index (χ2v) is 6.89. The summed E-state index contributed by atoms with van der Waals surface area (Å²) in [4.78, 5) is 13.9. The fraction of sp³-hybridized carbons (Fsp3) is 0.353. The summed E-state index contributed by atoms with van der Waals surface area (Å²) in [6.07, 6.45) is 3.28. The fourth-order valence-corrected chi connectivity index (χ4v) is 4.08. The zero-order valence-electron chi connectivity index (χ0n) is 12.8. The summed E-state index contributed by atoms with van der Waals surface area (Å²) in [5, 5.41) is 5.00. The molecule has 1 amide bonds. The number of halogens is 1. The largest absolute Gasteiger partial charge is 0.399 e. The Kier molecular flexibility index (Phi) is 5.14. The monoisotopic (exact) mass is 336 g/mol. The molecule has 1 aromatic carbocycles. The highest BCUT2D eigenvalue weighted by atomic mass is 35.5. The third kappa shape index (κ3) is 3.28. The number of amides is 1. The standard InChI is InChI=1S/C17H20N2OS.ClH/c1-10-3-6-13-14(9-21-16(13)7-10)17(20)19-15-8-12(18)5-4-11(15)2;/h4-5,8-10H,3,6-7,18H2,1-2H3,(H,19,20);1H. The Balaban J connectivity index is 0.00000176. The number of thiophene rings is 1. The average molecular weight is 337 g/mol. The quantitative estimate of drug-likeness (QED) is 0.797. The van der Waals surface area contributed by atoms with E-state index in [4.69, 9.17) is 5.73 Å². The van der Waals surface area contributed by atoms with Gasteiger partial charge in [-0.25, -0.2) is 0 Å². The zero-order valence-corrected chi connectivity index (χ0v) is 14.4. The number of anilines is 2. The van der Waals surface area contributed by atoms with Crippen molar-refractivity contribution >= 4 is 41.0 Å². The van der Waals surface area contributed by atoms with Gasteiger partial charge in [-0.15, -0.1) is 23.7 Å². The van der Waals surface area contributed by atoms with Crippen molar-refractivity contribution in [2.45, 2.75) is 33.1 Å². The number of carbonyl (C=O) groups is 1. The molecule has 1 aliphatic carbocycles. The highest BCUT2D eigenvalue weighted by molar-refractivity contribution is 7.10. The lowest BCUT2D eigenvalue weighted by Crippen LogP contribution is -2.17. The van der Waals surface area contributed by atoms with Gasteiger partial charge in [0.2, 0.25) is 0 Å². The van der Waals surface area contributed by atoms with Crippen molar-refractivity contribution in [2.24, 2.45) is 5.92 Å². The van der Waals surface area contributed by atoms with Crippen LogP contribution in [0.5, 0.6) is 0 Å². The molecule has 2 aromatic rings. The number of nitrogens with one attached hydrogen (secondary N) is 1. The summed E-state index contributed by atoms with van der Waals surface area (Å²) in [7, 11) is 0. The molecule has 1 unspecified atom stereocenters. The number of carbonyl (C=O) groups excluding carboxylic acids is 1. The summed E-state index contributed by atoms with van der Waals surface area (Å²) in [5.74, 6) is 0.707. The number of benzene rings is 1. The third-order valence-electron chi connectivity index (χ3n) is 4.16. The minimum absolute atomic E-state index is 0. The van der Waals surface area contributed by atoms with Gasteiger partial charge in [-0.3, -0.25) is 4.79 Å². The fourth-order valence-electron chi connectivity index (χ4n) is 2.83. The van der Waals surface area contributed by atoms with Crippen LogP contribution in [0.2, 0.25) is 0 Å². The highest BCUT2D eigenvalue weighted by Gasteiger charge is 2.23. The molecule has 0 saturated heterocycles. The molecule has 0 fully saturated rings. The molecule has 5 heteroatoms. The molecule has 1 atom stereocenters. The third-order valence-corrected chi connectivity index (χ3v) is 5.21. The van der Waals surface area contributed by atoms with Crippen LogP contribution < -0.4 is 11.1 Å². The summed E-state index contributed by atoms with van der Waals surface area (Å²) >= 11 is 1.72. The molecule has 3 nitrogen and oxygen atoms in total. The molecule has 1 heterocycles. The van der Waals surface area contributed by atoms with Gasteiger partial charge in [0.15, 0.2) is 0 Å². The van der Waals surface area contributed by atoms with Crippen molar-refractivity contribution in [3.63, 3.8) is 0 Å². The SMILES string of the molecule is Cc1ccc(N)cc1NC(=O)c1csc2c1CCC(C)C2.Cl. The van der Waals surface area contributed by atoms with Gasteiger partial charge in [-0.2, -0.15) is 0 Å². The van der Waals surface area contributed by atoms with Crippen molar-refractivity contribution in [1.29, 1.82) is 0 Å². The first kappa shape index (κ1) is 16.8. The van der Waals surface area contributed by atoms with Crippen LogP contribution in [-0.2, 0) is 12.8 Å². The lowest BCUT2D eigenvalue weighted by molar-refractivity contribution is 0.102. The first-order valence-electron chi connectivity index (χ1n) is 7.31. The highest BCUT2D eigenvalue weighted by Crippen LogP contribution is 2.33. The Morgan fingerprint density at radius 2 is 2.18 bits per heavy atom. The Morgan fingerprint density at radius 1 is 1.41 bits per heavy atom. The smallest absolute Gasteiger partial charge is 0.256 e. The molecule has 0 saturated carbocycles. The lowest BCUT2D eigenvalue weighted by Gasteiger charge is -2.19. The predicted octanol–water partition coefficient (Wildman–Crippen LogP) is 4.44. The first-order chi connectivity index (χ1) is 10.0. The summed E-state index contributed by atoms with van der Waals surface area (Å²) < 4.78 is 0. The second kappa shape index (κ2) is 6.71. The first-order valence-corrected chi connectivity index (χ1v) is 8.19. The summed E-state index contributed by atoms with van der Waals surface area (Å²) in [6.45, 7) is 4.25. The molecule has 1 aliphatic rings. The topological polar surface area (TPSA) is 55.1 Å². The van der Waals surface area contributed by atoms with E-state index in [-0.39, 0.29) is 18.3 Å². The number of nitrogens with two attached hydrogens (primary N) is 1. The van der Waals surface area contributed by atoms with Crippen molar-refractivity contribution in [2.75, 3.05) is 11.1 Å². The van der Waals surface area contributed by atoms with Crippen molar-refractivity contribution in [1.82, 2.24) is 0 Å². The Labute approximate surface area is 141 Å². The number of fused-ring (bicyclic) bond motifs is 1. The van der Waals surface area contributed by atoms with Crippen LogP contribution in [0.3, 0.4) is 0 Å². The Morgan fingerprint density at radius 3 is 2.95 bits per heavy atom. The molecule has 0 radical (unpaired) electrons. The summed E-state index contributed by atoms with van der Waals surface area (Å²) in [6, 6.07) is 5.59. The van der Waals surface area contributed by atoms with Gasteiger partial charge in [-0.05, 0) is 55.4 Å². The molecular formula is C17H21ClN2OS. The normalized spacial score (nSPS) is 16.5. The Hall–Kier alpha value is -1.52. The molecule has 3 N–H and O–H groups in total. The lowest BCUT2D eigenvalue weighted by atomic mass is 9.88. The molecule has 0 aliphatic heterocycles. The number of aryl methyl sites for hydroxylation is 1. The Bertz CT molecular complexity index is 696. The van der Waals surface area contributed by atoms with Crippen molar-refractivity contribution in [3.8, 4) is 0 Å². The number of nitrogen functional groups attached to an aromatic ring is 1. The molecule has 22 heavy (non-hydrogen) atoms. The van der Waals surface area contributed by atoms with Gasteiger partial charge in [0.05, 0.1) is 5.56 Å². The summed E-state index contributed by atoms with van der Waals surface area (Å²) in [5.41, 5.74) is 10.4. The molecule has 1 aromatic heterocycles. The van der Waals surface area contributed by atoms with E-state index >= 15 is 0 Å². The van der Waals surface area contributed by atoms with E-state index in [0.29, 0.717) is 5.69 Å². The van der Waals surface area contributed by atoms with E-state index in [1.165, 1.54) is 16.9 Å². The molecule has 118 valence electrons. The van der Waals surface area contributed by atoms with E-state index in [0.717, 1.165) is 35.6 Å². The van der Waals surface area contributed by atoms with Gasteiger partial charge >= 0.3 is 0 Å². The van der Waals surface area contributed by atoms with Crippen LogP contribution in [0.4, 0.5) is 11.4 Å². The van der Waals surface area contributed by atoms with E-state index in [2.05, 4.69) is 12.2 Å². The molecule has 0 spiro atoms. The van der Waals surface area contributed by atoms with E-state index in [9.17, 15) is 4.79 Å². The van der Waals surface area contributed by atoms with Gasteiger partial charge in [0.1, 0.15) is 0 Å². The van der Waals surface area contributed by atoms with Crippen LogP contribution in [0.1, 0.15) is 39.7 Å². The minimum atomic E-state index is -0.0178. The van der Waals surface area contributed by atoms with E-state index < -0.39 is 0 Å². The number of hydrogen-bond acceptors (Lipinski definition) is 3. The maximum atomic E-state index is 12.5. The zero-order chi connectivity index (χ0) is 15.0. The van der Waals surface area contributed by atoms with E-state index in [1.54, 1.807) is 11.3 Å². The van der Waals surface area contributed by atoms with Crippen LogP contribution in [0, 0.1) is 12.8 Å². The second-order valence-electron chi connectivity index (χ2n) is 5.93. The average Bonchev–Trinajstić information content (AvgIpc) is 2.85.